The molecule has 0 saturated carbocycles. The predicted octanol–water partition coefficient (Wildman–Crippen LogP) is 5.42. The van der Waals surface area contributed by atoms with Crippen molar-refractivity contribution in [2.75, 3.05) is 0 Å². The van der Waals surface area contributed by atoms with Gasteiger partial charge in [-0.15, -0.1) is 0 Å². The van der Waals surface area contributed by atoms with Gasteiger partial charge >= 0.3 is 273 Å². The molecule has 44 heavy (non-hydrogen) atoms. The van der Waals surface area contributed by atoms with E-state index in [2.05, 4.69) is 101 Å². The Morgan fingerprint density at radius 3 is 1.23 bits per heavy atom. The average Bonchev–Trinajstić information content (AvgIpc) is 3.69. The number of halogens is 3. The van der Waals surface area contributed by atoms with Gasteiger partial charge in [-0.2, -0.15) is 0 Å². The van der Waals surface area contributed by atoms with Gasteiger partial charge in [0.15, 0.2) is 0 Å². The molecule has 8 heteroatoms. The first kappa shape index (κ1) is 33.6. The maximum Gasteiger partial charge on any atom is -1.00 e. The minimum absolute atomic E-state index is 0. The second-order valence-electron chi connectivity index (χ2n) is 11.6. The molecule has 234 valence electrons. The van der Waals surface area contributed by atoms with E-state index >= 15 is 0 Å². The van der Waals surface area contributed by atoms with Gasteiger partial charge in [-0.3, -0.25) is 0 Å². The first-order valence-electron chi connectivity index (χ1n) is 16.3. The van der Waals surface area contributed by atoms with E-state index in [1.807, 2.05) is 0 Å². The number of nitrogens with zero attached hydrogens (tertiary/aromatic N) is 4. The third-order valence-electron chi connectivity index (χ3n) is 9.73. The summed E-state index contributed by atoms with van der Waals surface area (Å²) in [4.78, 5) is 10.8. The molecule has 4 aliphatic rings. The minimum Gasteiger partial charge on any atom is -1.00 e. The van der Waals surface area contributed by atoms with Crippen molar-refractivity contribution < 1.29 is 12.4 Å². The van der Waals surface area contributed by atoms with E-state index in [1.165, 1.54) is 66.6 Å². The van der Waals surface area contributed by atoms with Gasteiger partial charge in [0, 0.05) is 0 Å². The Kier molecular flexibility index (Phi) is 9.76. The number of hydrogen-bond acceptors (Lipinski definition) is 2. The van der Waals surface area contributed by atoms with Gasteiger partial charge in [-0.1, -0.05) is 0 Å². The van der Waals surface area contributed by atoms with Crippen LogP contribution in [0.5, 0.6) is 0 Å². The number of rotatable bonds is 8. The van der Waals surface area contributed by atoms with Crippen LogP contribution in [0.3, 0.4) is 0 Å². The van der Waals surface area contributed by atoms with Crippen LogP contribution in [-0.2, 0) is 25.7 Å². The second kappa shape index (κ2) is 12.8. The van der Waals surface area contributed by atoms with Crippen molar-refractivity contribution in [2.45, 2.75) is 107 Å². The zero-order valence-corrected chi connectivity index (χ0v) is 32.3. The molecular formula is C36H44AsBrCl2N4. The Morgan fingerprint density at radius 2 is 0.909 bits per heavy atom. The van der Waals surface area contributed by atoms with E-state index in [4.69, 9.17) is 19.9 Å². The molecule has 0 spiro atoms. The molecule has 1 atom stereocenters. The Balaban J connectivity index is 0.00000384. The quantitative estimate of drug-likeness (QED) is 0.323. The Hall–Kier alpha value is -1.78. The predicted molar refractivity (Wildman–Crippen MR) is 192 cm³/mol. The summed E-state index contributed by atoms with van der Waals surface area (Å²) in [5.74, 6) is 0. The monoisotopic (exact) mass is 756 g/mol. The molecule has 0 saturated heterocycles. The average molecular weight is 759 g/mol. The van der Waals surface area contributed by atoms with Crippen LogP contribution in [0.1, 0.15) is 115 Å². The number of aliphatic imine (C=N–C) groups is 2. The molecule has 0 aliphatic carbocycles. The number of hydrogen-bond donors (Lipinski definition) is 0. The Bertz CT molecular complexity index is 1750. The zero-order valence-electron chi connectivity index (χ0n) is 27.3. The van der Waals surface area contributed by atoms with Crippen LogP contribution in [0.4, 0.5) is 0 Å². The van der Waals surface area contributed by atoms with Crippen LogP contribution in [-0.4, -0.2) is 29.6 Å². The van der Waals surface area contributed by atoms with Crippen molar-refractivity contribution in [2.24, 2.45) is 9.98 Å². The molecule has 4 aliphatic heterocycles. The number of fused-ring (bicyclic) bond motifs is 2. The van der Waals surface area contributed by atoms with Crippen molar-refractivity contribution in [3.8, 4) is 0 Å². The van der Waals surface area contributed by atoms with E-state index in [9.17, 15) is 0 Å². The fourth-order valence-electron chi connectivity index (χ4n) is 7.89. The third kappa shape index (κ3) is 4.74. The number of aromatic nitrogens is 2. The van der Waals surface area contributed by atoms with Crippen LogP contribution >= 0.6 is 23.9 Å². The third-order valence-corrected chi connectivity index (χ3v) is 18.4. The Morgan fingerprint density at radius 1 is 0.545 bits per heavy atom. The van der Waals surface area contributed by atoms with Crippen LogP contribution in [0.15, 0.2) is 43.7 Å². The molecule has 0 N–H and O–H groups in total. The van der Waals surface area contributed by atoms with Gasteiger partial charge in [-0.05, 0) is 0 Å². The molecule has 0 aromatic carbocycles. The smallest absolute Gasteiger partial charge is 1.00 e. The summed E-state index contributed by atoms with van der Waals surface area (Å²) in [6.45, 7) is 18.2. The normalized spacial score (nSPS) is 20.0. The van der Waals surface area contributed by atoms with Crippen molar-refractivity contribution in [1.29, 1.82) is 0 Å². The molecule has 0 fully saturated rings. The largest absolute Gasteiger partial charge is 1.00 e. The maximum absolute atomic E-state index is 8.21. The van der Waals surface area contributed by atoms with Gasteiger partial charge in [0.25, 0.3) is 0 Å². The molecule has 2 aromatic heterocycles. The van der Waals surface area contributed by atoms with Gasteiger partial charge in [-0.25, -0.2) is 0 Å². The van der Waals surface area contributed by atoms with E-state index in [0.717, 1.165) is 74.2 Å². The second-order valence-corrected chi connectivity index (χ2v) is 24.9. The number of allylic oxidation sites excluding steroid dienone is 4. The molecule has 0 radical (unpaired) electrons. The summed E-state index contributed by atoms with van der Waals surface area (Å²) >= 11 is 0.763. The first-order valence-corrected chi connectivity index (χ1v) is 24.9. The maximum atomic E-state index is 8.21. The topological polar surface area (TPSA) is 34.6 Å². The van der Waals surface area contributed by atoms with Crippen LogP contribution in [0.25, 0.3) is 24.3 Å². The van der Waals surface area contributed by atoms with Crippen molar-refractivity contribution in [3.05, 3.63) is 78.0 Å². The minimum atomic E-state index is -3.63. The molecular weight excluding hydrogens is 714 g/mol. The summed E-state index contributed by atoms with van der Waals surface area (Å²) in [7, 11) is 8.21. The summed E-state index contributed by atoms with van der Waals surface area (Å²) in [6, 6.07) is 0. The van der Waals surface area contributed by atoms with Crippen molar-refractivity contribution in [3.63, 3.8) is 0 Å². The van der Waals surface area contributed by atoms with Crippen LogP contribution < -0.4 is 23.1 Å². The SMILES string of the molecule is CCC1=C(CC)C2=NC1=Cc1c(CC)c(CC)c3n1[As+](Cl)(Br)n1c(c(CC)c(CC)c1=CC1=NC(=C3)C(CC)=C1CC)=C2.[Cl-]. The molecule has 2 aromatic rings. The van der Waals surface area contributed by atoms with Crippen LogP contribution in [0.2, 0.25) is 0 Å². The fourth-order valence-corrected chi connectivity index (χ4v) is 17.2. The fraction of sp³-hybridized carbons (Fsp3) is 0.444. The van der Waals surface area contributed by atoms with E-state index in [0.29, 0.717) is 0 Å². The van der Waals surface area contributed by atoms with E-state index in [-0.39, 0.29) is 12.4 Å². The summed E-state index contributed by atoms with van der Waals surface area (Å²) in [5.41, 5.74) is 17.7. The molecule has 6 rings (SSSR count). The summed E-state index contributed by atoms with van der Waals surface area (Å²) in [6.07, 6.45) is 17.0. The van der Waals surface area contributed by atoms with Gasteiger partial charge in [0.1, 0.15) is 0 Å². The molecule has 6 bridgehead atoms. The van der Waals surface area contributed by atoms with E-state index in [1.54, 1.807) is 0 Å². The molecule has 0 amide bonds. The van der Waals surface area contributed by atoms with Crippen LogP contribution in [0, 0.1) is 0 Å². The van der Waals surface area contributed by atoms with Crippen molar-refractivity contribution in [1.82, 2.24) is 6.97 Å². The Labute approximate surface area is 283 Å². The standard InChI is InChI=1S/C36H44AsBrClN4.ClH/c1-9-21-22(10-2)30-18-34-27(15-7)28(16-8)36-20-32-24(12-4)23(11-3)31(41-32)19-35-26(14-6)25(13-5)33(17-29(21)40-30)42(35)37(38,39)43(34)36;/h17-20H,9-16H2,1-8H3;1H/q+1;/p-1. The molecule has 1 unspecified atom stereocenters. The zero-order chi connectivity index (χ0) is 30.8. The summed E-state index contributed by atoms with van der Waals surface area (Å²) < 4.78 is 5.03. The van der Waals surface area contributed by atoms with E-state index < -0.39 is 11.2 Å². The van der Waals surface area contributed by atoms with Gasteiger partial charge in [0.05, 0.1) is 0 Å². The molecule has 4 nitrogen and oxygen atoms in total. The first-order chi connectivity index (χ1) is 20.7. The van der Waals surface area contributed by atoms with Crippen molar-refractivity contribution >= 4 is 70.8 Å². The van der Waals surface area contributed by atoms with Gasteiger partial charge in [0.2, 0.25) is 0 Å². The molecule has 6 heterocycles. The summed E-state index contributed by atoms with van der Waals surface area (Å²) in [5, 5.41) is 2.41. The van der Waals surface area contributed by atoms with Gasteiger partial charge < -0.3 is 12.4 Å².